The van der Waals surface area contributed by atoms with E-state index in [0.29, 0.717) is 17.9 Å². The monoisotopic (exact) mass is 641 g/mol. The molecular formula is C33H40ClN3O6S. The Bertz CT molecular complexity index is 1560. The van der Waals surface area contributed by atoms with Gasteiger partial charge in [0.25, 0.3) is 10.0 Å². The van der Waals surface area contributed by atoms with E-state index >= 15 is 0 Å². The van der Waals surface area contributed by atoms with Gasteiger partial charge in [-0.3, -0.25) is 13.9 Å². The Morgan fingerprint density at radius 3 is 2.32 bits per heavy atom. The number of aryl methyl sites for hydroxylation is 1. The molecule has 9 nitrogen and oxygen atoms in total. The number of sulfonamides is 1. The van der Waals surface area contributed by atoms with E-state index in [2.05, 4.69) is 5.32 Å². The van der Waals surface area contributed by atoms with Gasteiger partial charge in [-0.2, -0.15) is 0 Å². The van der Waals surface area contributed by atoms with Crippen molar-refractivity contribution in [3.8, 4) is 11.5 Å². The maximum atomic E-state index is 14.3. The van der Waals surface area contributed by atoms with Crippen molar-refractivity contribution in [1.29, 1.82) is 0 Å². The van der Waals surface area contributed by atoms with Crippen LogP contribution in [-0.2, 0) is 26.2 Å². The fraction of sp³-hybridized carbons (Fsp3) is 0.394. The number of amides is 2. The largest absolute Gasteiger partial charge is 0.497 e. The van der Waals surface area contributed by atoms with Crippen LogP contribution in [0.3, 0.4) is 0 Å². The molecule has 3 aromatic rings. The lowest BCUT2D eigenvalue weighted by atomic mass is 10.1. The SMILES string of the molecule is CCC(C(=O)NC1CCCC1)N(Cc1cccc(OC)c1)C(=O)CN(c1ccc(OC)c(Cl)c1)S(=O)(=O)c1ccc(C)cc1. The molecule has 1 fully saturated rings. The summed E-state index contributed by atoms with van der Waals surface area (Å²) in [7, 11) is -1.21. The van der Waals surface area contributed by atoms with Gasteiger partial charge in [0.1, 0.15) is 24.1 Å². The Balaban J connectivity index is 1.75. The smallest absolute Gasteiger partial charge is 0.264 e. The molecule has 0 saturated heterocycles. The Labute approximate surface area is 265 Å². The maximum Gasteiger partial charge on any atom is 0.264 e. The number of carbonyl (C=O) groups excluding carboxylic acids is 2. The van der Waals surface area contributed by atoms with Crippen molar-refractivity contribution in [2.45, 2.75) is 69.5 Å². The lowest BCUT2D eigenvalue weighted by Crippen LogP contribution is -2.53. The molecule has 0 aromatic heterocycles. The Hall–Kier alpha value is -3.76. The summed E-state index contributed by atoms with van der Waals surface area (Å²) in [5, 5.41) is 3.31. The van der Waals surface area contributed by atoms with E-state index in [-0.39, 0.29) is 34.1 Å². The van der Waals surface area contributed by atoms with Gasteiger partial charge in [-0.05, 0) is 74.2 Å². The lowest BCUT2D eigenvalue weighted by Gasteiger charge is -2.34. The minimum atomic E-state index is -4.22. The molecule has 3 aromatic carbocycles. The number of benzene rings is 3. The average Bonchev–Trinajstić information content (AvgIpc) is 3.52. The highest BCUT2D eigenvalue weighted by Gasteiger charge is 2.35. The summed E-state index contributed by atoms with van der Waals surface area (Å²) in [4.78, 5) is 29.4. The van der Waals surface area contributed by atoms with Crippen LogP contribution in [0.5, 0.6) is 11.5 Å². The Morgan fingerprint density at radius 1 is 1.00 bits per heavy atom. The molecular weight excluding hydrogens is 602 g/mol. The van der Waals surface area contributed by atoms with E-state index < -0.39 is 28.5 Å². The summed E-state index contributed by atoms with van der Waals surface area (Å²) in [6.07, 6.45) is 4.22. The highest BCUT2D eigenvalue weighted by Crippen LogP contribution is 2.32. The predicted molar refractivity (Wildman–Crippen MR) is 172 cm³/mol. The molecule has 236 valence electrons. The van der Waals surface area contributed by atoms with Crippen LogP contribution < -0.4 is 19.1 Å². The first-order chi connectivity index (χ1) is 21.1. The Morgan fingerprint density at radius 2 is 1.70 bits per heavy atom. The fourth-order valence-corrected chi connectivity index (χ4v) is 7.09. The highest BCUT2D eigenvalue weighted by atomic mass is 35.5. The number of methoxy groups -OCH3 is 2. The molecule has 1 N–H and O–H groups in total. The van der Waals surface area contributed by atoms with E-state index in [1.807, 2.05) is 26.0 Å². The molecule has 4 rings (SSSR count). The van der Waals surface area contributed by atoms with Crippen LogP contribution in [0.25, 0.3) is 0 Å². The summed E-state index contributed by atoms with van der Waals surface area (Å²) < 4.78 is 39.9. The van der Waals surface area contributed by atoms with Gasteiger partial charge in [-0.25, -0.2) is 8.42 Å². The van der Waals surface area contributed by atoms with Crippen LogP contribution >= 0.6 is 11.6 Å². The quantitative estimate of drug-likeness (QED) is 0.256. The first kappa shape index (κ1) is 33.1. The number of carbonyl (C=O) groups is 2. The van der Waals surface area contributed by atoms with Crippen LogP contribution in [-0.4, -0.2) is 58.0 Å². The van der Waals surface area contributed by atoms with E-state index in [1.54, 1.807) is 43.5 Å². The molecule has 1 aliphatic rings. The second-order valence-corrected chi connectivity index (χ2v) is 13.2. The molecule has 1 aliphatic carbocycles. The zero-order chi connectivity index (χ0) is 31.9. The van der Waals surface area contributed by atoms with E-state index in [9.17, 15) is 18.0 Å². The summed E-state index contributed by atoms with van der Waals surface area (Å²) >= 11 is 6.41. The third-order valence-electron chi connectivity index (χ3n) is 7.89. The van der Waals surface area contributed by atoms with Gasteiger partial charge in [0, 0.05) is 12.6 Å². The van der Waals surface area contributed by atoms with E-state index in [4.69, 9.17) is 21.1 Å². The standard InChI is InChI=1S/C33H40ClN3O6S/c1-5-30(33(39)35-25-10-6-7-11-25)36(21-24-9-8-12-27(19-24)42-3)32(38)22-37(26-15-18-31(43-4)29(34)20-26)44(40,41)28-16-13-23(2)14-17-28/h8-9,12-20,25,30H,5-7,10-11,21-22H2,1-4H3,(H,35,39). The number of rotatable bonds is 13. The van der Waals surface area contributed by atoms with Gasteiger partial charge in [0.2, 0.25) is 11.8 Å². The molecule has 0 heterocycles. The van der Waals surface area contributed by atoms with Gasteiger partial charge in [0.15, 0.2) is 0 Å². The van der Waals surface area contributed by atoms with E-state index in [1.165, 1.54) is 30.2 Å². The molecule has 44 heavy (non-hydrogen) atoms. The van der Waals surface area contributed by atoms with Gasteiger partial charge in [-0.1, -0.05) is 61.2 Å². The van der Waals surface area contributed by atoms with Gasteiger partial charge in [-0.15, -0.1) is 0 Å². The van der Waals surface area contributed by atoms with Crippen LogP contribution in [0.1, 0.15) is 50.2 Å². The minimum Gasteiger partial charge on any atom is -0.497 e. The summed E-state index contributed by atoms with van der Waals surface area (Å²) in [6.45, 7) is 3.22. The second kappa shape index (κ2) is 14.8. The summed E-state index contributed by atoms with van der Waals surface area (Å²) in [5.74, 6) is 0.179. The molecule has 1 unspecified atom stereocenters. The normalized spacial score (nSPS) is 14.1. The number of anilines is 1. The van der Waals surface area contributed by atoms with Crippen molar-refractivity contribution in [2.24, 2.45) is 0 Å². The molecule has 11 heteroatoms. The first-order valence-electron chi connectivity index (χ1n) is 14.7. The first-order valence-corrected chi connectivity index (χ1v) is 16.5. The zero-order valence-electron chi connectivity index (χ0n) is 25.6. The van der Waals surface area contributed by atoms with Gasteiger partial charge >= 0.3 is 0 Å². The van der Waals surface area contributed by atoms with Gasteiger partial charge in [0.05, 0.1) is 29.8 Å². The minimum absolute atomic E-state index is 0.0215. The van der Waals surface area contributed by atoms with Crippen LogP contribution in [0, 0.1) is 6.92 Å². The number of nitrogens with one attached hydrogen (secondary N) is 1. The molecule has 0 spiro atoms. The number of halogens is 1. The van der Waals surface area contributed by atoms with Crippen molar-refractivity contribution in [3.63, 3.8) is 0 Å². The molecule has 1 atom stereocenters. The zero-order valence-corrected chi connectivity index (χ0v) is 27.2. The van der Waals surface area contributed by atoms with Crippen LogP contribution in [0.4, 0.5) is 5.69 Å². The van der Waals surface area contributed by atoms with Crippen molar-refractivity contribution >= 4 is 39.1 Å². The highest BCUT2D eigenvalue weighted by molar-refractivity contribution is 7.92. The van der Waals surface area contributed by atoms with Gasteiger partial charge < -0.3 is 19.7 Å². The topological polar surface area (TPSA) is 105 Å². The molecule has 1 saturated carbocycles. The van der Waals surface area contributed by atoms with Crippen molar-refractivity contribution in [3.05, 3.63) is 82.9 Å². The summed E-state index contributed by atoms with van der Waals surface area (Å²) in [6, 6.07) is 17.4. The molecule has 2 amide bonds. The number of nitrogens with zero attached hydrogens (tertiary/aromatic N) is 2. The second-order valence-electron chi connectivity index (χ2n) is 10.9. The number of hydrogen-bond acceptors (Lipinski definition) is 6. The van der Waals surface area contributed by atoms with Crippen LogP contribution in [0.2, 0.25) is 5.02 Å². The lowest BCUT2D eigenvalue weighted by molar-refractivity contribution is -0.140. The van der Waals surface area contributed by atoms with Crippen LogP contribution in [0.15, 0.2) is 71.6 Å². The molecule has 0 bridgehead atoms. The molecule has 0 aliphatic heterocycles. The maximum absolute atomic E-state index is 14.3. The fourth-order valence-electron chi connectivity index (χ4n) is 5.43. The Kier molecular flexibility index (Phi) is 11.2. The average molecular weight is 642 g/mol. The third-order valence-corrected chi connectivity index (χ3v) is 9.97. The summed E-state index contributed by atoms with van der Waals surface area (Å²) in [5.41, 5.74) is 1.82. The third kappa shape index (κ3) is 7.84. The van der Waals surface area contributed by atoms with Crippen molar-refractivity contribution < 1.29 is 27.5 Å². The van der Waals surface area contributed by atoms with E-state index in [0.717, 1.165) is 41.1 Å². The predicted octanol–water partition coefficient (Wildman–Crippen LogP) is 5.73. The van der Waals surface area contributed by atoms with Crippen molar-refractivity contribution in [1.82, 2.24) is 10.2 Å². The molecule has 0 radical (unpaired) electrons. The van der Waals surface area contributed by atoms with Crippen molar-refractivity contribution in [2.75, 3.05) is 25.1 Å². The number of hydrogen-bond donors (Lipinski definition) is 1. The number of ether oxygens (including phenoxy) is 2.